The number of hydrogen-bond donors (Lipinski definition) is 2. The molecule has 1 saturated heterocycles. The lowest BCUT2D eigenvalue weighted by Crippen LogP contribution is -2.50. The number of aromatic nitrogens is 2. The number of nitrogens with zero attached hydrogens (tertiary/aromatic N) is 3. The van der Waals surface area contributed by atoms with Crippen LogP contribution in [0.2, 0.25) is 0 Å². The van der Waals surface area contributed by atoms with Crippen molar-refractivity contribution < 1.29 is 14.6 Å². The molecular formula is C14H24N4O3. The fourth-order valence-electron chi connectivity index (χ4n) is 2.58. The lowest BCUT2D eigenvalue weighted by Gasteiger charge is -2.35. The van der Waals surface area contributed by atoms with Gasteiger partial charge in [0.05, 0.1) is 31.6 Å². The number of nitrogens with one attached hydrogen (secondary N) is 1. The third-order valence-electron chi connectivity index (χ3n) is 3.40. The van der Waals surface area contributed by atoms with Crippen LogP contribution in [0.3, 0.4) is 0 Å². The number of amides is 1. The lowest BCUT2D eigenvalue weighted by atomic mass is 10.2. The van der Waals surface area contributed by atoms with E-state index < -0.39 is 0 Å². The second-order valence-corrected chi connectivity index (χ2v) is 5.75. The predicted octanol–water partition coefficient (Wildman–Crippen LogP) is 0.484. The third kappa shape index (κ3) is 4.26. The van der Waals surface area contributed by atoms with Crippen LogP contribution in [0, 0.1) is 0 Å². The summed E-state index contributed by atoms with van der Waals surface area (Å²) >= 11 is 0. The van der Waals surface area contributed by atoms with Crippen LogP contribution in [-0.4, -0.2) is 64.1 Å². The molecule has 7 heteroatoms. The van der Waals surface area contributed by atoms with Gasteiger partial charge in [0.25, 0.3) is 0 Å². The molecule has 1 aliphatic rings. The average Bonchev–Trinajstić information content (AvgIpc) is 2.85. The smallest absolute Gasteiger partial charge is 0.239 e. The van der Waals surface area contributed by atoms with Crippen molar-refractivity contribution in [3.63, 3.8) is 0 Å². The molecule has 0 aromatic carbocycles. The van der Waals surface area contributed by atoms with E-state index in [-0.39, 0.29) is 37.3 Å². The second kappa shape index (κ2) is 7.02. The number of carbonyl (C=O) groups excluding carboxylic acids is 1. The van der Waals surface area contributed by atoms with E-state index >= 15 is 0 Å². The van der Waals surface area contributed by atoms with Gasteiger partial charge in [0, 0.05) is 25.2 Å². The number of anilines is 1. The summed E-state index contributed by atoms with van der Waals surface area (Å²) in [5.74, 6) is 0.623. The summed E-state index contributed by atoms with van der Waals surface area (Å²) < 4.78 is 7.34. The molecule has 2 heterocycles. The van der Waals surface area contributed by atoms with Crippen molar-refractivity contribution in [3.8, 4) is 0 Å². The van der Waals surface area contributed by atoms with Gasteiger partial charge in [-0.05, 0) is 20.8 Å². The summed E-state index contributed by atoms with van der Waals surface area (Å²) in [6.07, 6.45) is 1.47. The minimum atomic E-state index is -0.220. The number of carbonyl (C=O) groups is 1. The van der Waals surface area contributed by atoms with Crippen molar-refractivity contribution in [1.29, 1.82) is 0 Å². The quantitative estimate of drug-likeness (QED) is 0.826. The molecule has 21 heavy (non-hydrogen) atoms. The zero-order valence-electron chi connectivity index (χ0n) is 12.8. The summed E-state index contributed by atoms with van der Waals surface area (Å²) in [6.45, 7) is 7.48. The molecule has 1 amide bonds. The molecule has 1 aromatic heterocycles. The molecule has 1 fully saturated rings. The molecule has 0 spiro atoms. The van der Waals surface area contributed by atoms with Crippen LogP contribution >= 0.6 is 0 Å². The van der Waals surface area contributed by atoms with E-state index in [4.69, 9.17) is 4.74 Å². The molecule has 0 radical (unpaired) electrons. The van der Waals surface area contributed by atoms with Gasteiger partial charge in [-0.2, -0.15) is 5.10 Å². The highest BCUT2D eigenvalue weighted by Gasteiger charge is 2.26. The van der Waals surface area contributed by atoms with Crippen LogP contribution in [0.1, 0.15) is 26.8 Å². The Kier molecular flexibility index (Phi) is 5.33. The van der Waals surface area contributed by atoms with Crippen LogP contribution in [0.5, 0.6) is 0 Å². The van der Waals surface area contributed by atoms with Crippen molar-refractivity contribution in [3.05, 3.63) is 12.3 Å². The van der Waals surface area contributed by atoms with E-state index in [2.05, 4.69) is 10.4 Å². The lowest BCUT2D eigenvalue weighted by molar-refractivity contribution is -0.124. The fourth-order valence-corrected chi connectivity index (χ4v) is 2.58. The molecule has 7 nitrogen and oxygen atoms in total. The zero-order chi connectivity index (χ0) is 15.4. The van der Waals surface area contributed by atoms with Crippen molar-refractivity contribution >= 4 is 11.7 Å². The van der Waals surface area contributed by atoms with Gasteiger partial charge in [-0.1, -0.05) is 0 Å². The normalized spacial score (nSPS) is 23.5. The Hall–Kier alpha value is -1.44. The number of aliphatic hydroxyl groups is 1. The van der Waals surface area contributed by atoms with E-state index in [1.54, 1.807) is 16.9 Å². The number of aliphatic hydroxyl groups excluding tert-OH is 1. The van der Waals surface area contributed by atoms with Gasteiger partial charge in [0.1, 0.15) is 5.82 Å². The Morgan fingerprint density at radius 2 is 2.33 bits per heavy atom. The summed E-state index contributed by atoms with van der Waals surface area (Å²) in [7, 11) is 0. The topological polar surface area (TPSA) is 79.6 Å². The van der Waals surface area contributed by atoms with E-state index in [0.29, 0.717) is 18.9 Å². The first kappa shape index (κ1) is 15.9. The standard InChI is InChI=1S/C14H24N4O3/c1-10(2)18-13(4-5-15-18)16-14(20)8-17-6-11(3)21-12(7-17)9-19/h4-5,10-12,19H,6-9H2,1-3H3,(H,16,20). The highest BCUT2D eigenvalue weighted by molar-refractivity contribution is 5.91. The summed E-state index contributed by atoms with van der Waals surface area (Å²) in [4.78, 5) is 14.2. The van der Waals surface area contributed by atoms with Crippen LogP contribution < -0.4 is 5.32 Å². The fraction of sp³-hybridized carbons (Fsp3) is 0.714. The maximum absolute atomic E-state index is 12.2. The largest absolute Gasteiger partial charge is 0.394 e. The van der Waals surface area contributed by atoms with Crippen LogP contribution in [0.25, 0.3) is 0 Å². The Morgan fingerprint density at radius 1 is 1.57 bits per heavy atom. The van der Waals surface area contributed by atoms with Crippen LogP contribution in [0.4, 0.5) is 5.82 Å². The van der Waals surface area contributed by atoms with Gasteiger partial charge < -0.3 is 15.2 Å². The predicted molar refractivity (Wildman–Crippen MR) is 79.1 cm³/mol. The van der Waals surface area contributed by atoms with E-state index in [1.165, 1.54) is 0 Å². The molecule has 2 unspecified atom stereocenters. The number of rotatable bonds is 5. The maximum Gasteiger partial charge on any atom is 0.239 e. The highest BCUT2D eigenvalue weighted by atomic mass is 16.5. The monoisotopic (exact) mass is 296 g/mol. The Bertz CT molecular complexity index is 475. The van der Waals surface area contributed by atoms with Crippen molar-refractivity contribution in [2.24, 2.45) is 0 Å². The molecule has 118 valence electrons. The van der Waals surface area contributed by atoms with Gasteiger partial charge in [-0.15, -0.1) is 0 Å². The molecule has 2 N–H and O–H groups in total. The van der Waals surface area contributed by atoms with Gasteiger partial charge >= 0.3 is 0 Å². The van der Waals surface area contributed by atoms with E-state index in [1.807, 2.05) is 25.7 Å². The SMILES string of the molecule is CC1CN(CC(=O)Nc2ccnn2C(C)C)CC(CO)O1. The highest BCUT2D eigenvalue weighted by Crippen LogP contribution is 2.14. The zero-order valence-corrected chi connectivity index (χ0v) is 12.8. The second-order valence-electron chi connectivity index (χ2n) is 5.75. The first-order chi connectivity index (χ1) is 9.99. The molecule has 0 bridgehead atoms. The molecule has 1 aliphatic heterocycles. The van der Waals surface area contributed by atoms with E-state index in [9.17, 15) is 9.90 Å². The van der Waals surface area contributed by atoms with Crippen molar-refractivity contribution in [2.45, 2.75) is 39.0 Å². The van der Waals surface area contributed by atoms with Crippen molar-refractivity contribution in [1.82, 2.24) is 14.7 Å². The van der Waals surface area contributed by atoms with Crippen LogP contribution in [-0.2, 0) is 9.53 Å². The maximum atomic E-state index is 12.2. The Labute approximate surface area is 124 Å². The molecule has 2 rings (SSSR count). The van der Waals surface area contributed by atoms with E-state index in [0.717, 1.165) is 0 Å². The summed E-state index contributed by atoms with van der Waals surface area (Å²) in [6, 6.07) is 1.98. The summed E-state index contributed by atoms with van der Waals surface area (Å²) in [5, 5.41) is 16.3. The molecule has 0 saturated carbocycles. The van der Waals surface area contributed by atoms with Gasteiger partial charge in [-0.25, -0.2) is 4.68 Å². The van der Waals surface area contributed by atoms with Crippen molar-refractivity contribution in [2.75, 3.05) is 31.6 Å². The average molecular weight is 296 g/mol. The molecule has 2 atom stereocenters. The molecule has 1 aromatic rings. The minimum Gasteiger partial charge on any atom is -0.394 e. The van der Waals surface area contributed by atoms with Gasteiger partial charge in [-0.3, -0.25) is 9.69 Å². The number of ether oxygens (including phenoxy) is 1. The minimum absolute atomic E-state index is 0.0184. The first-order valence-corrected chi connectivity index (χ1v) is 7.31. The Morgan fingerprint density at radius 3 is 3.00 bits per heavy atom. The first-order valence-electron chi connectivity index (χ1n) is 7.31. The Balaban J connectivity index is 1.90. The molecular weight excluding hydrogens is 272 g/mol. The van der Waals surface area contributed by atoms with Gasteiger partial charge in [0.15, 0.2) is 0 Å². The number of morpholine rings is 1. The number of hydrogen-bond acceptors (Lipinski definition) is 5. The summed E-state index contributed by atoms with van der Waals surface area (Å²) in [5.41, 5.74) is 0. The third-order valence-corrected chi connectivity index (χ3v) is 3.40. The van der Waals surface area contributed by atoms with Crippen LogP contribution in [0.15, 0.2) is 12.3 Å². The van der Waals surface area contributed by atoms with Gasteiger partial charge in [0.2, 0.25) is 5.91 Å². The molecule has 0 aliphatic carbocycles.